The molecule has 0 amide bonds. The minimum atomic E-state index is -3.62. The molecule has 2 saturated carbocycles. The first-order valence-electron chi connectivity index (χ1n) is 14.5. The molecular weight excluding hydrogens is 546 g/mol. The van der Waals surface area contributed by atoms with Gasteiger partial charge in [0.15, 0.2) is 23.7 Å². The Morgan fingerprint density at radius 1 is 0.780 bits per heavy atom. The molecule has 0 spiro atoms. The number of ether oxygens (including phenoxy) is 3. The van der Waals surface area contributed by atoms with E-state index in [-0.39, 0.29) is 30.5 Å². The second kappa shape index (κ2) is 12.8. The van der Waals surface area contributed by atoms with Gasteiger partial charge in [0.2, 0.25) is 0 Å². The van der Waals surface area contributed by atoms with Crippen molar-refractivity contribution >= 4 is 0 Å². The third kappa shape index (κ3) is 6.94. The molecule has 5 rings (SSSR count). The largest absolute Gasteiger partial charge is 0.432 e. The summed E-state index contributed by atoms with van der Waals surface area (Å²) in [6, 6.07) is 6.10. The number of benzene rings is 2. The lowest BCUT2D eigenvalue weighted by Crippen LogP contribution is -2.38. The van der Waals surface area contributed by atoms with Crippen LogP contribution < -0.4 is 4.74 Å². The van der Waals surface area contributed by atoms with Crippen molar-refractivity contribution in [2.24, 2.45) is 23.7 Å². The molecular formula is C32H36F6O3. The quantitative estimate of drug-likeness (QED) is 0.185. The number of hydrogen-bond donors (Lipinski definition) is 0. The Labute approximate surface area is 236 Å². The van der Waals surface area contributed by atoms with Gasteiger partial charge in [0.05, 0.1) is 19.1 Å². The lowest BCUT2D eigenvalue weighted by molar-refractivity contribution is -0.224. The molecule has 0 unspecified atom stereocenters. The highest BCUT2D eigenvalue weighted by molar-refractivity contribution is 5.29. The summed E-state index contributed by atoms with van der Waals surface area (Å²) in [5, 5.41) is 0. The molecule has 9 heteroatoms. The standard InChI is InChI=1S/C32H36F6O3/c1-2-3-19-17-39-31(40-18-19)23-10-13-26(27(33)14-23)22-6-4-20(5-7-22)21-8-11-24(12-9-21)32(37,38)41-25-15-28(34)30(36)29(35)16-25/h2-3,10,13-16,19-22,24,31H,4-9,11-12,17-18H2,1H3/b3-2+. The molecule has 224 valence electrons. The van der Waals surface area contributed by atoms with E-state index in [0.29, 0.717) is 61.2 Å². The molecule has 0 radical (unpaired) electrons. The zero-order chi connectivity index (χ0) is 29.1. The van der Waals surface area contributed by atoms with Crippen molar-refractivity contribution in [2.75, 3.05) is 13.2 Å². The summed E-state index contributed by atoms with van der Waals surface area (Å²) in [5.41, 5.74) is 1.37. The van der Waals surface area contributed by atoms with E-state index in [1.165, 1.54) is 6.07 Å². The van der Waals surface area contributed by atoms with Gasteiger partial charge in [-0.25, -0.2) is 17.6 Å². The van der Waals surface area contributed by atoms with Gasteiger partial charge in [0, 0.05) is 23.6 Å². The van der Waals surface area contributed by atoms with Gasteiger partial charge in [-0.15, -0.1) is 0 Å². The topological polar surface area (TPSA) is 27.7 Å². The molecule has 0 atom stereocenters. The first kappa shape index (κ1) is 30.0. The van der Waals surface area contributed by atoms with E-state index < -0.39 is 41.5 Å². The van der Waals surface area contributed by atoms with E-state index in [0.717, 1.165) is 25.7 Å². The summed E-state index contributed by atoms with van der Waals surface area (Å²) < 4.78 is 101. The second-order valence-electron chi connectivity index (χ2n) is 11.7. The molecule has 3 nitrogen and oxygen atoms in total. The molecule has 1 saturated heterocycles. The first-order valence-corrected chi connectivity index (χ1v) is 14.5. The van der Waals surface area contributed by atoms with Gasteiger partial charge < -0.3 is 14.2 Å². The SMILES string of the molecule is C/C=C/C1COC(c2ccc(C3CCC(C4CCC(C(F)(F)Oc5cc(F)c(F)c(F)c5)CC4)CC3)c(F)c2)OC1. The molecule has 3 aliphatic rings. The van der Waals surface area contributed by atoms with Gasteiger partial charge in [-0.3, -0.25) is 0 Å². The minimum Gasteiger partial charge on any atom is -0.432 e. The molecule has 0 N–H and O–H groups in total. The van der Waals surface area contributed by atoms with Crippen LogP contribution in [0.2, 0.25) is 0 Å². The highest BCUT2D eigenvalue weighted by atomic mass is 19.3. The summed E-state index contributed by atoms with van der Waals surface area (Å²) in [7, 11) is 0. The molecule has 2 aliphatic carbocycles. The Kier molecular flexibility index (Phi) is 9.33. The fraction of sp³-hybridized carbons (Fsp3) is 0.562. The fourth-order valence-electron chi connectivity index (χ4n) is 6.77. The van der Waals surface area contributed by atoms with Crippen LogP contribution in [0.3, 0.4) is 0 Å². The van der Waals surface area contributed by atoms with Crippen molar-refractivity contribution in [3.8, 4) is 5.75 Å². The van der Waals surface area contributed by atoms with Crippen LogP contribution in [0.25, 0.3) is 0 Å². The third-order valence-corrected chi connectivity index (χ3v) is 9.02. The van der Waals surface area contributed by atoms with E-state index >= 15 is 4.39 Å². The minimum absolute atomic E-state index is 0.109. The molecule has 3 fully saturated rings. The predicted molar refractivity (Wildman–Crippen MR) is 141 cm³/mol. The van der Waals surface area contributed by atoms with Crippen molar-refractivity contribution in [3.63, 3.8) is 0 Å². The Morgan fingerprint density at radius 3 is 1.93 bits per heavy atom. The molecule has 41 heavy (non-hydrogen) atoms. The maximum atomic E-state index is 15.1. The van der Waals surface area contributed by atoms with Crippen LogP contribution in [0.15, 0.2) is 42.5 Å². The highest BCUT2D eigenvalue weighted by Gasteiger charge is 2.45. The van der Waals surface area contributed by atoms with Crippen LogP contribution >= 0.6 is 0 Å². The number of halogens is 6. The van der Waals surface area contributed by atoms with Gasteiger partial charge in [-0.1, -0.05) is 24.3 Å². The van der Waals surface area contributed by atoms with Crippen LogP contribution in [0, 0.1) is 46.9 Å². The Bertz CT molecular complexity index is 1190. The van der Waals surface area contributed by atoms with Gasteiger partial charge in [-0.2, -0.15) is 8.78 Å². The monoisotopic (exact) mass is 582 g/mol. The third-order valence-electron chi connectivity index (χ3n) is 9.02. The van der Waals surface area contributed by atoms with E-state index in [9.17, 15) is 22.0 Å². The van der Waals surface area contributed by atoms with Gasteiger partial charge >= 0.3 is 6.11 Å². The van der Waals surface area contributed by atoms with E-state index in [2.05, 4.69) is 4.74 Å². The summed E-state index contributed by atoms with van der Waals surface area (Å²) in [6.07, 6.45) is 4.95. The molecule has 0 bridgehead atoms. The van der Waals surface area contributed by atoms with E-state index in [1.54, 1.807) is 0 Å². The summed E-state index contributed by atoms with van der Waals surface area (Å²) >= 11 is 0. The molecule has 0 aromatic heterocycles. The summed E-state index contributed by atoms with van der Waals surface area (Å²) in [4.78, 5) is 0. The fourth-order valence-corrected chi connectivity index (χ4v) is 6.77. The lowest BCUT2D eigenvalue weighted by atomic mass is 9.68. The van der Waals surface area contributed by atoms with Gasteiger partial charge in [0.25, 0.3) is 0 Å². The normalized spacial score (nSPS) is 29.5. The van der Waals surface area contributed by atoms with Crippen molar-refractivity contribution in [2.45, 2.75) is 76.6 Å². The van der Waals surface area contributed by atoms with Crippen LogP contribution in [-0.2, 0) is 9.47 Å². The van der Waals surface area contributed by atoms with E-state index in [1.807, 2.05) is 31.2 Å². The van der Waals surface area contributed by atoms with Crippen molar-refractivity contribution in [1.29, 1.82) is 0 Å². The lowest BCUT2D eigenvalue weighted by Gasteiger charge is -2.39. The molecule has 1 aliphatic heterocycles. The van der Waals surface area contributed by atoms with Crippen LogP contribution in [-0.4, -0.2) is 19.3 Å². The predicted octanol–water partition coefficient (Wildman–Crippen LogP) is 9.23. The number of hydrogen-bond acceptors (Lipinski definition) is 3. The Balaban J connectivity index is 1.10. The molecule has 1 heterocycles. The van der Waals surface area contributed by atoms with Crippen LogP contribution in [0.5, 0.6) is 5.75 Å². The zero-order valence-electron chi connectivity index (χ0n) is 23.1. The maximum Gasteiger partial charge on any atom is 0.400 e. The summed E-state index contributed by atoms with van der Waals surface area (Å²) in [5.74, 6) is -5.95. The van der Waals surface area contributed by atoms with E-state index in [4.69, 9.17) is 9.47 Å². The Hall–Kier alpha value is -2.52. The number of alkyl halides is 2. The highest BCUT2D eigenvalue weighted by Crippen LogP contribution is 2.47. The zero-order valence-corrected chi connectivity index (χ0v) is 23.1. The van der Waals surface area contributed by atoms with Crippen LogP contribution in [0.1, 0.15) is 81.6 Å². The van der Waals surface area contributed by atoms with Crippen molar-refractivity contribution in [1.82, 2.24) is 0 Å². The maximum absolute atomic E-state index is 15.1. The van der Waals surface area contributed by atoms with Crippen LogP contribution in [0.4, 0.5) is 26.3 Å². The average molecular weight is 583 g/mol. The average Bonchev–Trinajstić information content (AvgIpc) is 2.96. The second-order valence-corrected chi connectivity index (χ2v) is 11.7. The smallest absolute Gasteiger partial charge is 0.400 e. The van der Waals surface area contributed by atoms with Crippen molar-refractivity contribution in [3.05, 3.63) is 76.9 Å². The van der Waals surface area contributed by atoms with Crippen molar-refractivity contribution < 1.29 is 40.6 Å². The van der Waals surface area contributed by atoms with Gasteiger partial charge in [0.1, 0.15) is 11.6 Å². The molecule has 2 aromatic carbocycles. The number of rotatable bonds is 7. The number of allylic oxidation sites excluding steroid dienone is 1. The first-order chi connectivity index (χ1) is 19.6. The summed E-state index contributed by atoms with van der Waals surface area (Å²) in [6.45, 7) is 3.01. The van der Waals surface area contributed by atoms with Gasteiger partial charge in [-0.05, 0) is 87.7 Å². The molecule has 2 aromatic rings. The Morgan fingerprint density at radius 2 is 1.37 bits per heavy atom.